The number of carbonyl (C=O) groups excluding carboxylic acids is 1. The highest BCUT2D eigenvalue weighted by molar-refractivity contribution is 7.92. The maximum atomic E-state index is 12.1. The number of amides is 1. The Hall–Kier alpha value is -1.89. The van der Waals surface area contributed by atoms with Gasteiger partial charge < -0.3 is 10.4 Å². The normalized spacial score (nSPS) is 15.6. The summed E-state index contributed by atoms with van der Waals surface area (Å²) in [5.41, 5.74) is 0.747. The Morgan fingerprint density at radius 1 is 1.23 bits per heavy atom. The molecule has 7 heteroatoms. The first-order chi connectivity index (χ1) is 10.4. The van der Waals surface area contributed by atoms with Gasteiger partial charge >= 0.3 is 5.97 Å². The lowest BCUT2D eigenvalue weighted by Gasteiger charge is -2.11. The highest BCUT2D eigenvalue weighted by Gasteiger charge is 2.30. The molecule has 1 aliphatic carbocycles. The third kappa shape index (κ3) is 4.30. The summed E-state index contributed by atoms with van der Waals surface area (Å²) in [5.74, 6) is -2.10. The first-order valence-corrected chi connectivity index (χ1v) is 8.90. The van der Waals surface area contributed by atoms with E-state index in [1.165, 1.54) is 12.1 Å². The Balaban J connectivity index is 1.90. The summed E-state index contributed by atoms with van der Waals surface area (Å²) >= 11 is 0. The van der Waals surface area contributed by atoms with Gasteiger partial charge in [-0.1, -0.05) is 25.0 Å². The standard InChI is InChI=1S/C15H19NO5S/c17-14(10-22(20,21)13-6-1-2-7-13)16-9-11-4-3-5-12(8-11)15(18)19/h3-5,8,13H,1-2,6-7,9-10H2,(H,16,17)(H,18,19). The van der Waals surface area contributed by atoms with Crippen LogP contribution in [0.2, 0.25) is 0 Å². The van der Waals surface area contributed by atoms with Gasteiger partial charge in [0.15, 0.2) is 9.84 Å². The monoisotopic (exact) mass is 325 g/mol. The number of hydrogen-bond acceptors (Lipinski definition) is 4. The van der Waals surface area contributed by atoms with Crippen LogP contribution in [0.3, 0.4) is 0 Å². The first kappa shape index (κ1) is 16.5. The van der Waals surface area contributed by atoms with Crippen molar-refractivity contribution in [3.63, 3.8) is 0 Å². The SMILES string of the molecule is O=C(CS(=O)(=O)C1CCCC1)NCc1cccc(C(=O)O)c1. The van der Waals surface area contributed by atoms with Crippen LogP contribution in [0, 0.1) is 0 Å². The molecule has 1 saturated carbocycles. The zero-order chi connectivity index (χ0) is 16.2. The summed E-state index contributed by atoms with van der Waals surface area (Å²) < 4.78 is 24.1. The van der Waals surface area contributed by atoms with Gasteiger partial charge in [0.05, 0.1) is 10.8 Å². The van der Waals surface area contributed by atoms with E-state index in [9.17, 15) is 18.0 Å². The van der Waals surface area contributed by atoms with Gasteiger partial charge in [-0.3, -0.25) is 4.79 Å². The molecule has 2 N–H and O–H groups in total. The predicted molar refractivity (Wildman–Crippen MR) is 81.3 cm³/mol. The van der Waals surface area contributed by atoms with Crippen LogP contribution in [0.5, 0.6) is 0 Å². The van der Waals surface area contributed by atoms with Gasteiger partial charge in [0.2, 0.25) is 5.91 Å². The Bertz CT molecular complexity index is 662. The second-order valence-electron chi connectivity index (χ2n) is 5.50. The number of carbonyl (C=O) groups is 2. The minimum absolute atomic E-state index is 0.111. The molecule has 6 nitrogen and oxygen atoms in total. The molecule has 0 unspecified atom stereocenters. The van der Waals surface area contributed by atoms with E-state index in [0.717, 1.165) is 12.8 Å². The third-order valence-electron chi connectivity index (χ3n) is 3.81. The Kier molecular flexibility index (Phi) is 5.18. The Morgan fingerprint density at radius 3 is 2.55 bits per heavy atom. The van der Waals surface area contributed by atoms with E-state index in [0.29, 0.717) is 18.4 Å². The molecule has 1 aromatic rings. The molecule has 1 aromatic carbocycles. The third-order valence-corrected chi connectivity index (χ3v) is 5.96. The van der Waals surface area contributed by atoms with Gasteiger partial charge in [0.25, 0.3) is 0 Å². The molecule has 2 rings (SSSR count). The lowest BCUT2D eigenvalue weighted by atomic mass is 10.1. The van der Waals surface area contributed by atoms with Crippen molar-refractivity contribution in [3.05, 3.63) is 35.4 Å². The fourth-order valence-electron chi connectivity index (χ4n) is 2.61. The van der Waals surface area contributed by atoms with Crippen LogP contribution in [0.4, 0.5) is 0 Å². The minimum atomic E-state index is -3.39. The number of rotatable bonds is 6. The van der Waals surface area contributed by atoms with Gasteiger partial charge in [-0.25, -0.2) is 13.2 Å². The van der Waals surface area contributed by atoms with Crippen molar-refractivity contribution in [3.8, 4) is 0 Å². The maximum absolute atomic E-state index is 12.1. The average Bonchev–Trinajstić information content (AvgIpc) is 3.00. The van der Waals surface area contributed by atoms with Crippen LogP contribution in [0.15, 0.2) is 24.3 Å². The highest BCUT2D eigenvalue weighted by Crippen LogP contribution is 2.25. The summed E-state index contributed by atoms with van der Waals surface area (Å²) in [4.78, 5) is 22.7. The molecule has 0 heterocycles. The Labute approximate surface area is 129 Å². The number of aromatic carboxylic acids is 1. The molecule has 0 saturated heterocycles. The highest BCUT2D eigenvalue weighted by atomic mass is 32.2. The molecule has 22 heavy (non-hydrogen) atoms. The summed E-state index contributed by atoms with van der Waals surface area (Å²) in [6, 6.07) is 6.17. The van der Waals surface area contributed by atoms with Crippen LogP contribution in [0.25, 0.3) is 0 Å². The lowest BCUT2D eigenvalue weighted by molar-refractivity contribution is -0.118. The van der Waals surface area contributed by atoms with Crippen LogP contribution in [0.1, 0.15) is 41.6 Å². The number of benzene rings is 1. The summed E-state index contributed by atoms with van der Waals surface area (Å²) in [6.07, 6.45) is 3.06. The van der Waals surface area contributed by atoms with Crippen LogP contribution >= 0.6 is 0 Å². The van der Waals surface area contributed by atoms with E-state index in [1.807, 2.05) is 0 Å². The Morgan fingerprint density at radius 2 is 1.91 bits per heavy atom. The van der Waals surface area contributed by atoms with Crippen molar-refractivity contribution in [1.29, 1.82) is 0 Å². The molecule has 0 radical (unpaired) electrons. The molecule has 0 aliphatic heterocycles. The first-order valence-electron chi connectivity index (χ1n) is 7.19. The molecule has 1 fully saturated rings. The zero-order valence-corrected chi connectivity index (χ0v) is 12.9. The largest absolute Gasteiger partial charge is 0.478 e. The zero-order valence-electron chi connectivity index (χ0n) is 12.1. The molecule has 0 bridgehead atoms. The minimum Gasteiger partial charge on any atom is -0.478 e. The van der Waals surface area contributed by atoms with Crippen molar-refractivity contribution in [2.24, 2.45) is 0 Å². The lowest BCUT2D eigenvalue weighted by Crippen LogP contribution is -2.33. The van der Waals surface area contributed by atoms with Crippen molar-refractivity contribution in [1.82, 2.24) is 5.32 Å². The molecule has 0 spiro atoms. The number of sulfone groups is 1. The van der Waals surface area contributed by atoms with Crippen molar-refractivity contribution < 1.29 is 23.1 Å². The topological polar surface area (TPSA) is 101 Å². The van der Waals surface area contributed by atoms with E-state index in [4.69, 9.17) is 5.11 Å². The van der Waals surface area contributed by atoms with Gasteiger partial charge in [0, 0.05) is 6.54 Å². The van der Waals surface area contributed by atoms with Crippen molar-refractivity contribution >= 4 is 21.7 Å². The number of nitrogens with one attached hydrogen (secondary N) is 1. The molecular weight excluding hydrogens is 306 g/mol. The average molecular weight is 325 g/mol. The summed E-state index contributed by atoms with van der Waals surface area (Å²) in [6.45, 7) is 0.111. The van der Waals surface area contributed by atoms with Crippen LogP contribution in [-0.4, -0.2) is 36.4 Å². The fraction of sp³-hybridized carbons (Fsp3) is 0.467. The van der Waals surface area contributed by atoms with Crippen LogP contribution in [-0.2, 0) is 21.2 Å². The van der Waals surface area contributed by atoms with Gasteiger partial charge in [0.1, 0.15) is 5.75 Å². The number of carboxylic acid groups (broad SMARTS) is 1. The molecular formula is C15H19NO5S. The van der Waals surface area contributed by atoms with E-state index in [1.54, 1.807) is 12.1 Å². The fourth-order valence-corrected chi connectivity index (χ4v) is 4.37. The molecule has 120 valence electrons. The second-order valence-corrected chi connectivity index (χ2v) is 7.78. The van der Waals surface area contributed by atoms with E-state index in [-0.39, 0.29) is 12.1 Å². The summed E-state index contributed by atoms with van der Waals surface area (Å²) in [5, 5.41) is 11.0. The van der Waals surface area contributed by atoms with Gasteiger partial charge in [-0.15, -0.1) is 0 Å². The predicted octanol–water partition coefficient (Wildman–Crippen LogP) is 1.36. The number of carboxylic acids is 1. The van der Waals surface area contributed by atoms with Gasteiger partial charge in [-0.05, 0) is 30.5 Å². The smallest absolute Gasteiger partial charge is 0.335 e. The van der Waals surface area contributed by atoms with Crippen LogP contribution < -0.4 is 5.32 Å². The second kappa shape index (κ2) is 6.91. The van der Waals surface area contributed by atoms with E-state index >= 15 is 0 Å². The van der Waals surface area contributed by atoms with E-state index < -0.39 is 32.7 Å². The molecule has 0 aromatic heterocycles. The van der Waals surface area contributed by atoms with E-state index in [2.05, 4.69) is 5.32 Å². The quantitative estimate of drug-likeness (QED) is 0.822. The molecule has 0 atom stereocenters. The summed E-state index contributed by atoms with van der Waals surface area (Å²) in [7, 11) is -3.39. The van der Waals surface area contributed by atoms with Crippen molar-refractivity contribution in [2.75, 3.05) is 5.75 Å². The molecule has 1 amide bonds. The number of hydrogen-bond donors (Lipinski definition) is 2. The van der Waals surface area contributed by atoms with Gasteiger partial charge in [-0.2, -0.15) is 0 Å². The maximum Gasteiger partial charge on any atom is 0.335 e. The molecule has 1 aliphatic rings. The van der Waals surface area contributed by atoms with Crippen molar-refractivity contribution in [2.45, 2.75) is 37.5 Å².